The number of ether oxygens (including phenoxy) is 2. The molecule has 2 rings (SSSR count). The van der Waals surface area contributed by atoms with Crippen LogP contribution in [0.2, 0.25) is 0 Å². The number of carbonyl (C=O) groups excluding carboxylic acids is 1. The number of carbonyl (C=O) groups is 1. The van der Waals surface area contributed by atoms with Gasteiger partial charge in [-0.3, -0.25) is 4.79 Å². The van der Waals surface area contributed by atoms with Crippen LogP contribution in [0.5, 0.6) is 0 Å². The van der Waals surface area contributed by atoms with Gasteiger partial charge in [0.15, 0.2) is 6.29 Å². The van der Waals surface area contributed by atoms with Crippen molar-refractivity contribution >= 4 is 5.91 Å². The Morgan fingerprint density at radius 2 is 1.81 bits per heavy atom. The Morgan fingerprint density at radius 3 is 2.52 bits per heavy atom. The summed E-state index contributed by atoms with van der Waals surface area (Å²) < 4.78 is 10.5. The number of amides is 1. The van der Waals surface area contributed by atoms with Crippen LogP contribution in [0.1, 0.15) is 24.8 Å². The fraction of sp³-hybridized carbons (Fsp3) is 0.632. The maximum Gasteiger partial charge on any atom is 0.220 e. The third-order valence-electron chi connectivity index (χ3n) is 4.52. The van der Waals surface area contributed by atoms with Gasteiger partial charge in [-0.2, -0.15) is 0 Å². The van der Waals surface area contributed by atoms with E-state index in [4.69, 9.17) is 14.6 Å². The van der Waals surface area contributed by atoms with E-state index in [1.165, 1.54) is 5.56 Å². The van der Waals surface area contributed by atoms with Crippen LogP contribution in [-0.4, -0.2) is 76.8 Å². The second kappa shape index (κ2) is 11.3. The van der Waals surface area contributed by atoms with Crippen molar-refractivity contribution in [2.45, 2.75) is 56.4 Å². The Kier molecular flexibility index (Phi) is 9.12. The van der Waals surface area contributed by atoms with Crippen molar-refractivity contribution in [2.24, 2.45) is 0 Å². The third kappa shape index (κ3) is 6.84. The van der Waals surface area contributed by atoms with E-state index in [1.54, 1.807) is 0 Å². The molecule has 0 bridgehead atoms. The van der Waals surface area contributed by atoms with Gasteiger partial charge in [-0.1, -0.05) is 30.3 Å². The summed E-state index contributed by atoms with van der Waals surface area (Å²) in [6, 6.07) is 10.1. The number of rotatable bonds is 10. The topological polar surface area (TPSA) is 128 Å². The normalized spacial score (nSPS) is 28.1. The summed E-state index contributed by atoms with van der Waals surface area (Å²) in [6.45, 7) is -0.213. The lowest BCUT2D eigenvalue weighted by Gasteiger charge is -2.39. The molecule has 1 heterocycles. The van der Waals surface area contributed by atoms with Crippen molar-refractivity contribution in [1.29, 1.82) is 0 Å². The molecule has 1 amide bonds. The molecule has 1 aliphatic heterocycles. The van der Waals surface area contributed by atoms with Crippen LogP contribution in [0.3, 0.4) is 0 Å². The number of hydrogen-bond acceptors (Lipinski definition) is 7. The Balaban J connectivity index is 1.57. The molecule has 0 aliphatic carbocycles. The average Bonchev–Trinajstić information content (AvgIpc) is 2.69. The molecule has 1 aromatic carbocycles. The summed E-state index contributed by atoms with van der Waals surface area (Å²) in [4.78, 5) is 11.8. The molecule has 0 saturated carbocycles. The fourth-order valence-electron chi connectivity index (χ4n) is 2.92. The molecular weight excluding hydrogens is 354 g/mol. The van der Waals surface area contributed by atoms with Crippen LogP contribution >= 0.6 is 0 Å². The molecule has 8 nitrogen and oxygen atoms in total. The molecule has 0 radical (unpaired) electrons. The van der Waals surface area contributed by atoms with Crippen molar-refractivity contribution in [3.05, 3.63) is 35.9 Å². The first-order valence-electron chi connectivity index (χ1n) is 9.25. The van der Waals surface area contributed by atoms with Crippen LogP contribution in [-0.2, 0) is 20.7 Å². The summed E-state index contributed by atoms with van der Waals surface area (Å²) in [6.07, 6.45) is -3.43. The molecule has 0 spiro atoms. The molecule has 5 N–H and O–H groups in total. The molecule has 1 aliphatic rings. The molecule has 1 saturated heterocycles. The van der Waals surface area contributed by atoms with E-state index in [1.807, 2.05) is 18.2 Å². The predicted octanol–water partition coefficient (Wildman–Crippen LogP) is -0.668. The minimum absolute atomic E-state index is 0.0679. The van der Waals surface area contributed by atoms with Gasteiger partial charge in [-0.25, -0.2) is 0 Å². The Morgan fingerprint density at radius 1 is 1.07 bits per heavy atom. The minimum Gasteiger partial charge on any atom is -0.394 e. The molecule has 0 aromatic heterocycles. The van der Waals surface area contributed by atoms with E-state index in [0.717, 1.165) is 19.3 Å². The van der Waals surface area contributed by atoms with Crippen LogP contribution in [0.25, 0.3) is 0 Å². The summed E-state index contributed by atoms with van der Waals surface area (Å²) >= 11 is 0. The van der Waals surface area contributed by atoms with Crippen molar-refractivity contribution in [3.63, 3.8) is 0 Å². The zero-order valence-electron chi connectivity index (χ0n) is 15.2. The fourth-order valence-corrected chi connectivity index (χ4v) is 2.92. The van der Waals surface area contributed by atoms with E-state index < -0.39 is 37.3 Å². The molecule has 8 heteroatoms. The van der Waals surface area contributed by atoms with Gasteiger partial charge in [0.25, 0.3) is 0 Å². The van der Waals surface area contributed by atoms with E-state index in [2.05, 4.69) is 17.4 Å². The van der Waals surface area contributed by atoms with Gasteiger partial charge in [0.1, 0.15) is 24.4 Å². The molecule has 0 unspecified atom stereocenters. The lowest BCUT2D eigenvalue weighted by Crippen LogP contribution is -2.59. The predicted molar refractivity (Wildman–Crippen MR) is 96.7 cm³/mol. The zero-order valence-corrected chi connectivity index (χ0v) is 15.2. The number of benzene rings is 1. The van der Waals surface area contributed by atoms with Gasteiger partial charge in [0.2, 0.25) is 5.91 Å². The zero-order chi connectivity index (χ0) is 19.6. The van der Waals surface area contributed by atoms with Gasteiger partial charge in [-0.05, 0) is 24.8 Å². The standard InChI is InChI=1S/C19H29NO7/c21-12-14-16(23)17(24)18(25)19(27-14)26-11-10-20-15(22)9-5-4-8-13-6-2-1-3-7-13/h1-3,6-7,14,16-19,21,23-25H,4-5,8-12H2,(H,20,22)/t14-,16+,17+,18-,19-/m1/s1. The number of aliphatic hydroxyl groups excluding tert-OH is 4. The molecule has 5 atom stereocenters. The van der Waals surface area contributed by atoms with E-state index in [9.17, 15) is 20.1 Å². The van der Waals surface area contributed by atoms with Gasteiger partial charge >= 0.3 is 0 Å². The Bertz CT molecular complexity index is 554. The number of unbranched alkanes of at least 4 members (excludes halogenated alkanes) is 1. The number of hydrogen-bond donors (Lipinski definition) is 5. The van der Waals surface area contributed by atoms with Gasteiger partial charge in [0, 0.05) is 13.0 Å². The van der Waals surface area contributed by atoms with Crippen LogP contribution < -0.4 is 5.32 Å². The highest BCUT2D eigenvalue weighted by Crippen LogP contribution is 2.21. The molecular formula is C19H29NO7. The first kappa shape index (κ1) is 21.7. The molecule has 152 valence electrons. The van der Waals surface area contributed by atoms with Crippen molar-refractivity contribution in [2.75, 3.05) is 19.8 Å². The maximum atomic E-state index is 11.8. The SMILES string of the molecule is O=C(CCCCc1ccccc1)NCCO[C@@H]1O[C@H](CO)[C@H](O)[C@H](O)[C@H]1O. The number of aliphatic hydroxyl groups is 4. The van der Waals surface area contributed by atoms with Crippen LogP contribution in [0.4, 0.5) is 0 Å². The van der Waals surface area contributed by atoms with E-state index in [0.29, 0.717) is 6.42 Å². The highest BCUT2D eigenvalue weighted by atomic mass is 16.7. The lowest BCUT2D eigenvalue weighted by atomic mass is 9.99. The number of nitrogens with one attached hydrogen (secondary N) is 1. The molecule has 27 heavy (non-hydrogen) atoms. The van der Waals surface area contributed by atoms with E-state index >= 15 is 0 Å². The lowest BCUT2D eigenvalue weighted by molar-refractivity contribution is -0.300. The maximum absolute atomic E-state index is 11.8. The summed E-state index contributed by atoms with van der Waals surface area (Å²) in [7, 11) is 0. The van der Waals surface area contributed by atoms with Gasteiger partial charge in [0.05, 0.1) is 13.2 Å². The summed E-state index contributed by atoms with van der Waals surface area (Å²) in [5.74, 6) is -0.0829. The first-order chi connectivity index (χ1) is 13.0. The van der Waals surface area contributed by atoms with Crippen LogP contribution in [0.15, 0.2) is 30.3 Å². The Labute approximate surface area is 158 Å². The molecule has 1 aromatic rings. The largest absolute Gasteiger partial charge is 0.394 e. The van der Waals surface area contributed by atoms with Crippen molar-refractivity contribution in [3.8, 4) is 0 Å². The monoisotopic (exact) mass is 383 g/mol. The van der Waals surface area contributed by atoms with Crippen LogP contribution in [0, 0.1) is 0 Å². The Hall–Kier alpha value is -1.55. The van der Waals surface area contributed by atoms with Crippen molar-refractivity contribution in [1.82, 2.24) is 5.32 Å². The van der Waals surface area contributed by atoms with Gasteiger partial charge < -0.3 is 35.2 Å². The highest BCUT2D eigenvalue weighted by Gasteiger charge is 2.43. The van der Waals surface area contributed by atoms with E-state index in [-0.39, 0.29) is 19.1 Å². The highest BCUT2D eigenvalue weighted by molar-refractivity contribution is 5.75. The summed E-state index contributed by atoms with van der Waals surface area (Å²) in [5, 5.41) is 41.0. The quantitative estimate of drug-likeness (QED) is 0.339. The smallest absolute Gasteiger partial charge is 0.220 e. The summed E-state index contributed by atoms with van der Waals surface area (Å²) in [5.41, 5.74) is 1.26. The first-order valence-corrected chi connectivity index (χ1v) is 9.25. The minimum atomic E-state index is -1.47. The molecule has 1 fully saturated rings. The second-order valence-corrected chi connectivity index (χ2v) is 6.61. The van der Waals surface area contributed by atoms with Gasteiger partial charge in [-0.15, -0.1) is 0 Å². The second-order valence-electron chi connectivity index (χ2n) is 6.61. The van der Waals surface area contributed by atoms with Crippen molar-refractivity contribution < 1.29 is 34.7 Å². The third-order valence-corrected chi connectivity index (χ3v) is 4.52. The average molecular weight is 383 g/mol. The number of aryl methyl sites for hydroxylation is 1.